The van der Waals surface area contributed by atoms with Crippen LogP contribution in [0, 0.1) is 3.57 Å². The highest BCUT2D eigenvalue weighted by Crippen LogP contribution is 2.29. The molecule has 1 aliphatic heterocycles. The number of nitrogens with zero attached hydrogens (tertiary/aromatic N) is 1. The third kappa shape index (κ3) is 2.85. The molecule has 0 N–H and O–H groups in total. The number of halogens is 1. The first-order valence-electron chi connectivity index (χ1n) is 5.72. The van der Waals surface area contributed by atoms with Crippen LogP contribution in [0.4, 0.5) is 5.69 Å². The van der Waals surface area contributed by atoms with Gasteiger partial charge >= 0.3 is 0 Å². The van der Waals surface area contributed by atoms with E-state index in [1.165, 1.54) is 0 Å². The average molecular weight is 379 g/mol. The number of carbonyl (C=O) groups is 1. The third-order valence-corrected chi connectivity index (χ3v) is 5.40. The second-order valence-corrected chi connectivity index (χ2v) is 7.95. The summed E-state index contributed by atoms with van der Waals surface area (Å²) in [6, 6.07) is 5.79. The van der Waals surface area contributed by atoms with E-state index in [0.29, 0.717) is 6.42 Å². The lowest BCUT2D eigenvalue weighted by atomic mass is 10.2. The smallest absolute Gasteiger partial charge is 0.231 e. The molecule has 0 unspecified atom stereocenters. The molecule has 2 rings (SSSR count). The molecule has 1 heterocycles. The van der Waals surface area contributed by atoms with E-state index in [2.05, 4.69) is 22.6 Å². The molecule has 1 amide bonds. The summed E-state index contributed by atoms with van der Waals surface area (Å²) >= 11 is 2.20. The van der Waals surface area contributed by atoms with Crippen molar-refractivity contribution in [3.05, 3.63) is 27.3 Å². The van der Waals surface area contributed by atoms with Crippen molar-refractivity contribution < 1.29 is 13.2 Å². The van der Waals surface area contributed by atoms with Crippen LogP contribution in [-0.4, -0.2) is 32.4 Å². The Morgan fingerprint density at radius 3 is 2.78 bits per heavy atom. The molecule has 0 spiro atoms. The van der Waals surface area contributed by atoms with Crippen molar-refractivity contribution in [2.24, 2.45) is 0 Å². The zero-order chi connectivity index (χ0) is 13.3. The SMILES string of the molecule is CCS(=O)(=O)CCN1C(=O)Cc2cc(I)ccc21. The lowest BCUT2D eigenvalue weighted by Crippen LogP contribution is -2.32. The maximum atomic E-state index is 11.9. The van der Waals surface area contributed by atoms with E-state index in [4.69, 9.17) is 0 Å². The summed E-state index contributed by atoms with van der Waals surface area (Å²) in [5, 5.41) is 0. The van der Waals surface area contributed by atoms with E-state index in [1.807, 2.05) is 18.2 Å². The fourth-order valence-corrected chi connectivity index (χ4v) is 3.28. The Morgan fingerprint density at radius 1 is 1.39 bits per heavy atom. The van der Waals surface area contributed by atoms with Crippen LogP contribution in [-0.2, 0) is 21.1 Å². The lowest BCUT2D eigenvalue weighted by Gasteiger charge is -2.17. The monoisotopic (exact) mass is 379 g/mol. The van der Waals surface area contributed by atoms with E-state index in [9.17, 15) is 13.2 Å². The Morgan fingerprint density at radius 2 is 2.11 bits per heavy atom. The highest BCUT2D eigenvalue weighted by molar-refractivity contribution is 14.1. The van der Waals surface area contributed by atoms with Crippen LogP contribution in [0.3, 0.4) is 0 Å². The minimum atomic E-state index is -3.04. The highest BCUT2D eigenvalue weighted by Gasteiger charge is 2.27. The molecule has 1 aromatic rings. The fraction of sp³-hybridized carbons (Fsp3) is 0.417. The standard InChI is InChI=1S/C12H14INO3S/c1-2-18(16,17)6-5-14-11-4-3-10(13)7-9(11)8-12(14)15/h3-4,7H,2,5-6,8H2,1H3. The van der Waals surface area contributed by atoms with Gasteiger partial charge in [-0.3, -0.25) is 4.79 Å². The first kappa shape index (κ1) is 13.8. The molecule has 4 nitrogen and oxygen atoms in total. The van der Waals surface area contributed by atoms with E-state index in [-0.39, 0.29) is 24.0 Å². The number of anilines is 1. The molecule has 0 fully saturated rings. The van der Waals surface area contributed by atoms with Crippen molar-refractivity contribution in [3.63, 3.8) is 0 Å². The minimum absolute atomic E-state index is 0.0155. The van der Waals surface area contributed by atoms with Gasteiger partial charge in [0.2, 0.25) is 5.91 Å². The molecule has 0 saturated carbocycles. The molecule has 18 heavy (non-hydrogen) atoms. The van der Waals surface area contributed by atoms with Crippen LogP contribution >= 0.6 is 22.6 Å². The number of carbonyl (C=O) groups excluding carboxylic acids is 1. The maximum Gasteiger partial charge on any atom is 0.231 e. The van der Waals surface area contributed by atoms with E-state index in [0.717, 1.165) is 14.8 Å². The van der Waals surface area contributed by atoms with Crippen molar-refractivity contribution in [2.45, 2.75) is 13.3 Å². The van der Waals surface area contributed by atoms with Crippen molar-refractivity contribution >= 4 is 44.0 Å². The van der Waals surface area contributed by atoms with Gasteiger partial charge in [0.15, 0.2) is 9.84 Å². The molecule has 1 aromatic carbocycles. The third-order valence-electron chi connectivity index (χ3n) is 3.04. The van der Waals surface area contributed by atoms with Crippen LogP contribution in [0.1, 0.15) is 12.5 Å². The molecule has 6 heteroatoms. The van der Waals surface area contributed by atoms with Gasteiger partial charge in [0, 0.05) is 21.6 Å². The summed E-state index contributed by atoms with van der Waals surface area (Å²) in [5.41, 5.74) is 1.84. The molecule has 0 atom stereocenters. The van der Waals surface area contributed by atoms with Crippen LogP contribution in [0.15, 0.2) is 18.2 Å². The second kappa shape index (κ2) is 5.16. The summed E-state index contributed by atoms with van der Waals surface area (Å²) in [5.74, 6) is 0.133. The van der Waals surface area contributed by atoms with Gasteiger partial charge in [-0.15, -0.1) is 0 Å². The van der Waals surface area contributed by atoms with Crippen molar-refractivity contribution in [1.82, 2.24) is 0 Å². The van der Waals surface area contributed by atoms with Gasteiger partial charge in [-0.05, 0) is 46.4 Å². The Labute approximate surface area is 120 Å². The van der Waals surface area contributed by atoms with Gasteiger partial charge in [0.1, 0.15) is 0 Å². The summed E-state index contributed by atoms with van der Waals surface area (Å²) in [7, 11) is -3.04. The molecular weight excluding hydrogens is 365 g/mol. The van der Waals surface area contributed by atoms with Crippen LogP contribution in [0.25, 0.3) is 0 Å². The van der Waals surface area contributed by atoms with Crippen LogP contribution in [0.5, 0.6) is 0 Å². The van der Waals surface area contributed by atoms with Gasteiger partial charge < -0.3 is 4.90 Å². The summed E-state index contributed by atoms with van der Waals surface area (Å²) in [6.45, 7) is 1.88. The zero-order valence-corrected chi connectivity index (χ0v) is 13.0. The first-order chi connectivity index (χ1) is 8.43. The van der Waals surface area contributed by atoms with Crippen LogP contribution < -0.4 is 4.90 Å². The molecule has 0 radical (unpaired) electrons. The zero-order valence-electron chi connectivity index (χ0n) is 10.0. The van der Waals surface area contributed by atoms with Crippen molar-refractivity contribution in [2.75, 3.05) is 23.0 Å². The van der Waals surface area contributed by atoms with Gasteiger partial charge in [-0.1, -0.05) is 6.92 Å². The quantitative estimate of drug-likeness (QED) is 0.748. The predicted molar refractivity (Wildman–Crippen MR) is 79.5 cm³/mol. The van der Waals surface area contributed by atoms with Crippen molar-refractivity contribution in [1.29, 1.82) is 0 Å². The number of hydrogen-bond donors (Lipinski definition) is 0. The Balaban J connectivity index is 2.19. The summed E-state index contributed by atoms with van der Waals surface area (Å²) in [6.07, 6.45) is 0.373. The largest absolute Gasteiger partial charge is 0.311 e. The minimum Gasteiger partial charge on any atom is -0.311 e. The number of rotatable bonds is 4. The molecule has 0 aliphatic carbocycles. The molecule has 0 saturated heterocycles. The molecule has 98 valence electrons. The van der Waals surface area contributed by atoms with E-state index < -0.39 is 9.84 Å². The molecule has 0 bridgehead atoms. The number of fused-ring (bicyclic) bond motifs is 1. The fourth-order valence-electron chi connectivity index (χ4n) is 1.97. The average Bonchev–Trinajstić information content (AvgIpc) is 2.61. The van der Waals surface area contributed by atoms with Crippen molar-refractivity contribution in [3.8, 4) is 0 Å². The molecular formula is C12H14INO3S. The maximum absolute atomic E-state index is 11.9. The summed E-state index contributed by atoms with van der Waals surface area (Å²) in [4.78, 5) is 13.5. The van der Waals surface area contributed by atoms with Crippen LogP contribution in [0.2, 0.25) is 0 Å². The Bertz CT molecular complexity index is 583. The van der Waals surface area contributed by atoms with Gasteiger partial charge in [-0.2, -0.15) is 0 Å². The normalized spacial score (nSPS) is 15.0. The second-order valence-electron chi connectivity index (χ2n) is 4.23. The van der Waals surface area contributed by atoms with Gasteiger partial charge in [0.25, 0.3) is 0 Å². The number of sulfone groups is 1. The highest BCUT2D eigenvalue weighted by atomic mass is 127. The predicted octanol–water partition coefficient (Wildman–Crippen LogP) is 1.62. The topological polar surface area (TPSA) is 54.5 Å². The molecule has 0 aromatic heterocycles. The van der Waals surface area contributed by atoms with Gasteiger partial charge in [0.05, 0.1) is 12.2 Å². The summed E-state index contributed by atoms with van der Waals surface area (Å²) < 4.78 is 24.1. The molecule has 1 aliphatic rings. The first-order valence-corrected chi connectivity index (χ1v) is 8.62. The van der Waals surface area contributed by atoms with E-state index >= 15 is 0 Å². The Hall–Kier alpha value is -0.630. The number of amides is 1. The van der Waals surface area contributed by atoms with Gasteiger partial charge in [-0.25, -0.2) is 8.42 Å². The lowest BCUT2D eigenvalue weighted by molar-refractivity contribution is -0.117. The number of benzene rings is 1. The Kier molecular flexibility index (Phi) is 3.96. The van der Waals surface area contributed by atoms with E-state index in [1.54, 1.807) is 11.8 Å². The number of hydrogen-bond acceptors (Lipinski definition) is 3.